The summed E-state index contributed by atoms with van der Waals surface area (Å²) in [5.41, 5.74) is 8.49. The van der Waals surface area contributed by atoms with Crippen LogP contribution in [0.1, 0.15) is 31.8 Å². The first-order valence-electron chi connectivity index (χ1n) is 6.81. The number of carbonyl (C=O) groups is 2. The molecule has 1 aliphatic heterocycles. The molecular formula is C17H13N3O2. The fourth-order valence-electron chi connectivity index (χ4n) is 2.54. The van der Waals surface area contributed by atoms with Crippen LogP contribution in [0.5, 0.6) is 0 Å². The van der Waals surface area contributed by atoms with Crippen LogP contribution in [-0.2, 0) is 13.0 Å². The van der Waals surface area contributed by atoms with Crippen molar-refractivity contribution in [3.05, 3.63) is 64.7 Å². The second-order valence-corrected chi connectivity index (χ2v) is 5.12. The molecule has 0 saturated carbocycles. The molecule has 0 bridgehead atoms. The van der Waals surface area contributed by atoms with Crippen LogP contribution in [0.15, 0.2) is 42.5 Å². The minimum absolute atomic E-state index is 0.193. The average molecular weight is 291 g/mol. The van der Waals surface area contributed by atoms with Gasteiger partial charge in [0.25, 0.3) is 11.8 Å². The van der Waals surface area contributed by atoms with Gasteiger partial charge in [-0.1, -0.05) is 30.3 Å². The number of hydrogen-bond acceptors (Lipinski definition) is 4. The van der Waals surface area contributed by atoms with Crippen LogP contribution in [0.4, 0.5) is 5.69 Å². The van der Waals surface area contributed by atoms with Gasteiger partial charge in [-0.05, 0) is 23.3 Å². The molecule has 0 fully saturated rings. The van der Waals surface area contributed by atoms with E-state index in [9.17, 15) is 9.59 Å². The summed E-state index contributed by atoms with van der Waals surface area (Å²) in [6, 6.07) is 14.3. The summed E-state index contributed by atoms with van der Waals surface area (Å²) in [4.78, 5) is 25.9. The predicted molar refractivity (Wildman–Crippen MR) is 80.8 cm³/mol. The van der Waals surface area contributed by atoms with Gasteiger partial charge in [0.1, 0.15) is 0 Å². The number of amides is 2. The molecule has 108 valence electrons. The number of imide groups is 1. The van der Waals surface area contributed by atoms with E-state index in [1.807, 2.05) is 24.3 Å². The maximum Gasteiger partial charge on any atom is 0.263 e. The Kier molecular flexibility index (Phi) is 3.36. The van der Waals surface area contributed by atoms with E-state index in [0.717, 1.165) is 11.1 Å². The Balaban J connectivity index is 1.86. The van der Waals surface area contributed by atoms with E-state index in [1.54, 1.807) is 18.2 Å². The van der Waals surface area contributed by atoms with Gasteiger partial charge in [0.05, 0.1) is 30.2 Å². The van der Waals surface area contributed by atoms with Gasteiger partial charge in [-0.3, -0.25) is 14.5 Å². The van der Waals surface area contributed by atoms with Crippen molar-refractivity contribution in [1.29, 1.82) is 5.26 Å². The van der Waals surface area contributed by atoms with Gasteiger partial charge in [-0.15, -0.1) is 0 Å². The summed E-state index contributed by atoms with van der Waals surface area (Å²) >= 11 is 0. The first-order chi connectivity index (χ1) is 10.6. The number of benzene rings is 2. The number of nitrogen functional groups attached to an aromatic ring is 1. The van der Waals surface area contributed by atoms with Crippen molar-refractivity contribution in [3.8, 4) is 6.07 Å². The monoisotopic (exact) mass is 291 g/mol. The molecule has 0 aromatic heterocycles. The molecule has 2 aromatic carbocycles. The molecule has 0 radical (unpaired) electrons. The van der Waals surface area contributed by atoms with Gasteiger partial charge in [-0.2, -0.15) is 5.26 Å². The lowest BCUT2D eigenvalue weighted by Gasteiger charge is -2.14. The zero-order valence-corrected chi connectivity index (χ0v) is 11.7. The number of nitrogens with zero attached hydrogens (tertiary/aromatic N) is 2. The lowest BCUT2D eigenvalue weighted by Crippen LogP contribution is -2.29. The van der Waals surface area contributed by atoms with Gasteiger partial charge in [-0.25, -0.2) is 0 Å². The van der Waals surface area contributed by atoms with E-state index in [0.29, 0.717) is 17.7 Å². The molecule has 0 saturated heterocycles. The van der Waals surface area contributed by atoms with Crippen molar-refractivity contribution < 1.29 is 9.59 Å². The van der Waals surface area contributed by atoms with Crippen LogP contribution in [0, 0.1) is 11.3 Å². The van der Waals surface area contributed by atoms with E-state index in [1.165, 1.54) is 4.90 Å². The van der Waals surface area contributed by atoms with E-state index in [-0.39, 0.29) is 23.9 Å². The van der Waals surface area contributed by atoms with Gasteiger partial charge in [0.2, 0.25) is 0 Å². The fourth-order valence-corrected chi connectivity index (χ4v) is 2.54. The van der Waals surface area contributed by atoms with Crippen molar-refractivity contribution in [2.24, 2.45) is 0 Å². The third kappa shape index (κ3) is 2.21. The van der Waals surface area contributed by atoms with Crippen molar-refractivity contribution in [3.63, 3.8) is 0 Å². The van der Waals surface area contributed by atoms with E-state index in [4.69, 9.17) is 11.0 Å². The van der Waals surface area contributed by atoms with Gasteiger partial charge in [0, 0.05) is 5.69 Å². The molecule has 3 rings (SSSR count). The van der Waals surface area contributed by atoms with Crippen LogP contribution in [0.3, 0.4) is 0 Å². The molecule has 2 amide bonds. The molecule has 22 heavy (non-hydrogen) atoms. The van der Waals surface area contributed by atoms with Crippen molar-refractivity contribution >= 4 is 17.5 Å². The van der Waals surface area contributed by atoms with E-state index in [2.05, 4.69) is 6.07 Å². The molecule has 0 atom stereocenters. The fraction of sp³-hybridized carbons (Fsp3) is 0.118. The average Bonchev–Trinajstić information content (AvgIpc) is 2.76. The third-order valence-electron chi connectivity index (χ3n) is 3.68. The van der Waals surface area contributed by atoms with Crippen LogP contribution in [0.25, 0.3) is 0 Å². The zero-order valence-electron chi connectivity index (χ0n) is 11.7. The highest BCUT2D eigenvalue weighted by molar-refractivity contribution is 6.23. The van der Waals surface area contributed by atoms with Crippen LogP contribution < -0.4 is 5.73 Å². The number of anilines is 1. The minimum atomic E-state index is -0.362. The molecular weight excluding hydrogens is 278 g/mol. The quantitative estimate of drug-likeness (QED) is 0.693. The third-order valence-corrected chi connectivity index (χ3v) is 3.68. The van der Waals surface area contributed by atoms with Gasteiger partial charge in [0.15, 0.2) is 0 Å². The first kappa shape index (κ1) is 13.8. The Labute approximate surface area is 127 Å². The lowest BCUT2D eigenvalue weighted by atomic mass is 10.1. The second kappa shape index (κ2) is 5.34. The lowest BCUT2D eigenvalue weighted by molar-refractivity contribution is 0.0642. The highest BCUT2D eigenvalue weighted by Gasteiger charge is 2.36. The molecule has 0 spiro atoms. The van der Waals surface area contributed by atoms with E-state index >= 15 is 0 Å². The molecule has 1 heterocycles. The standard InChI is InChI=1S/C17H13N3O2/c18-9-8-11-4-6-12(7-5-11)10-20-16(21)13-2-1-3-14(19)15(13)17(20)22/h1-7H,8,10,19H2. The number of hydrogen-bond donors (Lipinski definition) is 1. The van der Waals surface area contributed by atoms with Gasteiger partial charge < -0.3 is 5.73 Å². The second-order valence-electron chi connectivity index (χ2n) is 5.12. The van der Waals surface area contributed by atoms with E-state index < -0.39 is 0 Å². The maximum absolute atomic E-state index is 12.4. The minimum Gasteiger partial charge on any atom is -0.398 e. The van der Waals surface area contributed by atoms with Crippen LogP contribution in [-0.4, -0.2) is 16.7 Å². The number of nitriles is 1. The summed E-state index contributed by atoms with van der Waals surface area (Å²) < 4.78 is 0. The summed E-state index contributed by atoms with van der Waals surface area (Å²) in [6.07, 6.45) is 0.337. The zero-order chi connectivity index (χ0) is 15.7. The number of rotatable bonds is 3. The highest BCUT2D eigenvalue weighted by Crippen LogP contribution is 2.28. The molecule has 1 aliphatic rings. The van der Waals surface area contributed by atoms with Crippen molar-refractivity contribution in [2.45, 2.75) is 13.0 Å². The molecule has 0 aliphatic carbocycles. The largest absolute Gasteiger partial charge is 0.398 e. The molecule has 5 nitrogen and oxygen atoms in total. The Morgan fingerprint density at radius 1 is 1.00 bits per heavy atom. The van der Waals surface area contributed by atoms with Crippen molar-refractivity contribution in [1.82, 2.24) is 4.90 Å². The summed E-state index contributed by atoms with van der Waals surface area (Å²) in [6.45, 7) is 0.193. The van der Waals surface area contributed by atoms with Crippen LogP contribution >= 0.6 is 0 Å². The molecule has 2 N–H and O–H groups in total. The molecule has 0 unspecified atom stereocenters. The Morgan fingerprint density at radius 3 is 2.32 bits per heavy atom. The normalized spacial score (nSPS) is 13.1. The summed E-state index contributed by atoms with van der Waals surface area (Å²) in [5.74, 6) is -0.687. The summed E-state index contributed by atoms with van der Waals surface area (Å²) in [7, 11) is 0. The van der Waals surface area contributed by atoms with Crippen molar-refractivity contribution in [2.75, 3.05) is 5.73 Å². The topological polar surface area (TPSA) is 87.2 Å². The highest BCUT2D eigenvalue weighted by atomic mass is 16.2. The number of fused-ring (bicyclic) bond motifs is 1. The Morgan fingerprint density at radius 2 is 1.68 bits per heavy atom. The molecule has 5 heteroatoms. The SMILES string of the molecule is N#CCc1ccc(CN2C(=O)c3cccc(N)c3C2=O)cc1. The first-order valence-corrected chi connectivity index (χ1v) is 6.81. The maximum atomic E-state index is 12.4. The van der Waals surface area contributed by atoms with Crippen LogP contribution in [0.2, 0.25) is 0 Å². The predicted octanol–water partition coefficient (Wildman–Crippen LogP) is 2.13. The van der Waals surface area contributed by atoms with Gasteiger partial charge >= 0.3 is 0 Å². The Bertz CT molecular complexity index is 804. The summed E-state index contributed by atoms with van der Waals surface area (Å²) in [5, 5.41) is 8.65. The number of carbonyl (C=O) groups excluding carboxylic acids is 2. The smallest absolute Gasteiger partial charge is 0.263 e. The molecule has 2 aromatic rings. The Hall–Kier alpha value is -3.13. The number of nitrogens with two attached hydrogens (primary N) is 1.